The number of hydrogen-bond donors (Lipinski definition) is 0. The molecule has 4 aromatic rings. The second kappa shape index (κ2) is 9.78. The SMILES string of the molecule is CCOC(=O)C(C)N(c1cc(OC)cc(OC)c1)c1ccc2ncc(-c3cnn(C)c3)nc2c1. The molecule has 2 aromatic heterocycles. The van der Waals surface area contributed by atoms with E-state index in [1.807, 2.05) is 48.5 Å². The van der Waals surface area contributed by atoms with Crippen LogP contribution in [0.5, 0.6) is 11.5 Å². The first kappa shape index (κ1) is 23.0. The summed E-state index contributed by atoms with van der Waals surface area (Å²) in [6.07, 6.45) is 5.36. The largest absolute Gasteiger partial charge is 0.497 e. The number of hydrogen-bond acceptors (Lipinski definition) is 8. The Labute approximate surface area is 197 Å². The minimum Gasteiger partial charge on any atom is -0.497 e. The maximum atomic E-state index is 12.8. The van der Waals surface area contributed by atoms with Gasteiger partial charge in [-0.15, -0.1) is 0 Å². The van der Waals surface area contributed by atoms with Crippen LogP contribution in [0.2, 0.25) is 0 Å². The number of aromatic nitrogens is 4. The topological polar surface area (TPSA) is 91.6 Å². The van der Waals surface area contributed by atoms with Gasteiger partial charge in [0, 0.05) is 48.4 Å². The third-order valence-electron chi connectivity index (χ3n) is 5.43. The van der Waals surface area contributed by atoms with Crippen LogP contribution in [0.4, 0.5) is 11.4 Å². The molecular weight excluding hydrogens is 434 g/mol. The van der Waals surface area contributed by atoms with Crippen molar-refractivity contribution >= 4 is 28.4 Å². The molecule has 0 N–H and O–H groups in total. The number of ether oxygens (including phenoxy) is 3. The predicted molar refractivity (Wildman–Crippen MR) is 130 cm³/mol. The summed E-state index contributed by atoms with van der Waals surface area (Å²) < 4.78 is 18.0. The van der Waals surface area contributed by atoms with E-state index < -0.39 is 6.04 Å². The zero-order chi connectivity index (χ0) is 24.2. The zero-order valence-corrected chi connectivity index (χ0v) is 19.8. The van der Waals surface area contributed by atoms with Gasteiger partial charge in [-0.05, 0) is 32.0 Å². The summed E-state index contributed by atoms with van der Waals surface area (Å²) in [4.78, 5) is 24.0. The van der Waals surface area contributed by atoms with Crippen LogP contribution in [-0.2, 0) is 16.6 Å². The van der Waals surface area contributed by atoms with Crippen LogP contribution in [-0.4, -0.2) is 52.6 Å². The van der Waals surface area contributed by atoms with Crippen LogP contribution < -0.4 is 14.4 Å². The van der Waals surface area contributed by atoms with Crippen molar-refractivity contribution in [3.05, 3.63) is 55.0 Å². The Bertz CT molecular complexity index is 1300. The molecule has 0 radical (unpaired) electrons. The van der Waals surface area contributed by atoms with E-state index in [0.717, 1.165) is 16.8 Å². The van der Waals surface area contributed by atoms with Crippen LogP contribution in [0.25, 0.3) is 22.3 Å². The Balaban J connectivity index is 1.85. The highest BCUT2D eigenvalue weighted by atomic mass is 16.5. The molecule has 0 aliphatic heterocycles. The van der Waals surface area contributed by atoms with Crippen LogP contribution >= 0.6 is 0 Å². The van der Waals surface area contributed by atoms with E-state index >= 15 is 0 Å². The van der Waals surface area contributed by atoms with Gasteiger partial charge < -0.3 is 19.1 Å². The van der Waals surface area contributed by atoms with E-state index in [9.17, 15) is 4.79 Å². The van der Waals surface area contributed by atoms with Gasteiger partial charge in [0.25, 0.3) is 0 Å². The molecule has 0 saturated heterocycles. The van der Waals surface area contributed by atoms with E-state index in [0.29, 0.717) is 28.4 Å². The Morgan fingerprint density at radius 1 is 1.03 bits per heavy atom. The molecule has 0 saturated carbocycles. The summed E-state index contributed by atoms with van der Waals surface area (Å²) in [5, 5.41) is 4.22. The van der Waals surface area contributed by atoms with Crippen molar-refractivity contribution in [2.45, 2.75) is 19.9 Å². The molecule has 1 atom stereocenters. The van der Waals surface area contributed by atoms with Crippen molar-refractivity contribution in [3.63, 3.8) is 0 Å². The van der Waals surface area contributed by atoms with Crippen LogP contribution in [0.3, 0.4) is 0 Å². The Morgan fingerprint density at radius 3 is 2.38 bits per heavy atom. The first-order chi connectivity index (χ1) is 16.4. The van der Waals surface area contributed by atoms with Gasteiger partial charge in [-0.2, -0.15) is 5.10 Å². The average molecular weight is 462 g/mol. The molecule has 9 nitrogen and oxygen atoms in total. The molecule has 176 valence electrons. The second-order valence-electron chi connectivity index (χ2n) is 7.70. The molecule has 4 rings (SSSR count). The molecule has 2 aromatic carbocycles. The van der Waals surface area contributed by atoms with Gasteiger partial charge in [0.05, 0.1) is 49.9 Å². The van der Waals surface area contributed by atoms with E-state index in [-0.39, 0.29) is 12.6 Å². The van der Waals surface area contributed by atoms with Crippen molar-refractivity contribution < 1.29 is 19.0 Å². The fourth-order valence-electron chi connectivity index (χ4n) is 3.74. The van der Waals surface area contributed by atoms with Gasteiger partial charge >= 0.3 is 5.97 Å². The van der Waals surface area contributed by atoms with Crippen molar-refractivity contribution in [3.8, 4) is 22.8 Å². The van der Waals surface area contributed by atoms with Crippen molar-refractivity contribution in [2.24, 2.45) is 7.05 Å². The molecule has 0 bridgehead atoms. The summed E-state index contributed by atoms with van der Waals surface area (Å²) in [6.45, 7) is 3.87. The monoisotopic (exact) mass is 461 g/mol. The average Bonchev–Trinajstić information content (AvgIpc) is 3.29. The third kappa shape index (κ3) is 4.63. The number of methoxy groups -OCH3 is 2. The summed E-state index contributed by atoms with van der Waals surface area (Å²) in [5.41, 5.74) is 4.48. The predicted octanol–water partition coefficient (Wildman–Crippen LogP) is 4.14. The second-order valence-corrected chi connectivity index (χ2v) is 7.70. The Kier molecular flexibility index (Phi) is 6.62. The fraction of sp³-hybridized carbons (Fsp3) is 0.280. The van der Waals surface area contributed by atoms with E-state index in [1.165, 1.54) is 0 Å². The number of carbonyl (C=O) groups is 1. The number of aryl methyl sites for hydroxylation is 1. The lowest BCUT2D eigenvalue weighted by atomic mass is 10.1. The highest BCUT2D eigenvalue weighted by Gasteiger charge is 2.26. The molecule has 0 spiro atoms. The molecule has 2 heterocycles. The van der Waals surface area contributed by atoms with E-state index in [1.54, 1.807) is 51.2 Å². The van der Waals surface area contributed by atoms with Gasteiger partial charge in [0.1, 0.15) is 17.5 Å². The highest BCUT2D eigenvalue weighted by molar-refractivity contribution is 5.88. The minimum atomic E-state index is -0.622. The number of nitrogens with zero attached hydrogens (tertiary/aromatic N) is 5. The van der Waals surface area contributed by atoms with E-state index in [4.69, 9.17) is 19.2 Å². The fourth-order valence-corrected chi connectivity index (χ4v) is 3.74. The molecule has 34 heavy (non-hydrogen) atoms. The lowest BCUT2D eigenvalue weighted by Gasteiger charge is -2.30. The van der Waals surface area contributed by atoms with Crippen molar-refractivity contribution in [1.29, 1.82) is 0 Å². The summed E-state index contributed by atoms with van der Waals surface area (Å²) in [7, 11) is 5.03. The number of benzene rings is 2. The first-order valence-electron chi connectivity index (χ1n) is 10.9. The maximum absolute atomic E-state index is 12.8. The molecule has 9 heteroatoms. The summed E-state index contributed by atoms with van der Waals surface area (Å²) >= 11 is 0. The van der Waals surface area contributed by atoms with Gasteiger partial charge in [-0.3, -0.25) is 9.67 Å². The number of fused-ring (bicyclic) bond motifs is 1. The van der Waals surface area contributed by atoms with Gasteiger partial charge in [0.2, 0.25) is 0 Å². The van der Waals surface area contributed by atoms with Crippen molar-refractivity contribution in [1.82, 2.24) is 19.7 Å². The molecule has 1 unspecified atom stereocenters. The standard InChI is InChI=1S/C25H27N5O4/c1-6-34-25(31)16(2)30(19-9-20(32-4)12-21(10-19)33-5)18-7-8-22-23(11-18)28-24(14-26-22)17-13-27-29(3)15-17/h7-16H,6H2,1-5H3. The van der Waals surface area contributed by atoms with Crippen LogP contribution in [0.15, 0.2) is 55.0 Å². The van der Waals surface area contributed by atoms with Gasteiger partial charge in [-0.25, -0.2) is 9.78 Å². The minimum absolute atomic E-state index is 0.288. The molecule has 0 fully saturated rings. The lowest BCUT2D eigenvalue weighted by Crippen LogP contribution is -2.37. The smallest absolute Gasteiger partial charge is 0.328 e. The van der Waals surface area contributed by atoms with Crippen molar-refractivity contribution in [2.75, 3.05) is 25.7 Å². The summed E-state index contributed by atoms with van der Waals surface area (Å²) in [6, 6.07) is 10.5. The number of carbonyl (C=O) groups excluding carboxylic acids is 1. The number of esters is 1. The Hall–Kier alpha value is -4.14. The normalized spacial score (nSPS) is 11.8. The third-order valence-corrected chi connectivity index (χ3v) is 5.43. The molecule has 0 aliphatic rings. The quantitative estimate of drug-likeness (QED) is 0.362. The van der Waals surface area contributed by atoms with Gasteiger partial charge in [-0.1, -0.05) is 0 Å². The summed E-state index contributed by atoms with van der Waals surface area (Å²) in [5.74, 6) is 0.865. The van der Waals surface area contributed by atoms with E-state index in [2.05, 4.69) is 10.1 Å². The maximum Gasteiger partial charge on any atom is 0.328 e. The zero-order valence-electron chi connectivity index (χ0n) is 19.8. The molecule has 0 amide bonds. The Morgan fingerprint density at radius 2 is 1.76 bits per heavy atom. The first-order valence-corrected chi connectivity index (χ1v) is 10.9. The molecular formula is C25H27N5O4. The van der Waals surface area contributed by atoms with Crippen LogP contribution in [0.1, 0.15) is 13.8 Å². The van der Waals surface area contributed by atoms with Crippen LogP contribution in [0, 0.1) is 0 Å². The highest BCUT2D eigenvalue weighted by Crippen LogP contribution is 2.36. The lowest BCUT2D eigenvalue weighted by molar-refractivity contribution is -0.144. The van der Waals surface area contributed by atoms with Gasteiger partial charge in [0.15, 0.2) is 0 Å². The molecule has 0 aliphatic carbocycles. The number of rotatable bonds is 8. The number of anilines is 2.